The second-order valence-corrected chi connectivity index (χ2v) is 3.27. The van der Waals surface area contributed by atoms with Gasteiger partial charge in [-0.2, -0.15) is 13.2 Å². The van der Waals surface area contributed by atoms with Gasteiger partial charge in [0.2, 0.25) is 0 Å². The van der Waals surface area contributed by atoms with E-state index >= 15 is 0 Å². The van der Waals surface area contributed by atoms with E-state index in [0.717, 1.165) is 6.21 Å². The van der Waals surface area contributed by atoms with Gasteiger partial charge in [-0.1, -0.05) is 6.92 Å². The van der Waals surface area contributed by atoms with Crippen LogP contribution in [0.4, 0.5) is 13.2 Å². The number of allylic oxidation sites excluding steroid dienone is 2. The minimum Gasteiger partial charge on any atom is -0.356 e. The fraction of sp³-hybridized carbons (Fsp3) is 0.667. The minimum absolute atomic E-state index is 0.166. The highest BCUT2D eigenvalue weighted by atomic mass is 19.4. The molecule has 5 heteroatoms. The molecule has 0 aromatic rings. The third-order valence-corrected chi connectivity index (χ3v) is 2.41. The van der Waals surface area contributed by atoms with Crippen molar-refractivity contribution in [2.24, 2.45) is 4.99 Å². The van der Waals surface area contributed by atoms with Gasteiger partial charge in [0.25, 0.3) is 0 Å². The van der Waals surface area contributed by atoms with E-state index in [9.17, 15) is 13.2 Å². The highest BCUT2D eigenvalue weighted by molar-refractivity contribution is 5.82. The van der Waals surface area contributed by atoms with Gasteiger partial charge in [0.05, 0.1) is 5.57 Å². The first-order valence-corrected chi connectivity index (χ1v) is 4.42. The molecule has 0 spiro atoms. The number of rotatable bonds is 1. The second-order valence-electron chi connectivity index (χ2n) is 3.27. The zero-order chi connectivity index (χ0) is 10.9. The quantitative estimate of drug-likeness (QED) is 0.643. The molecule has 0 aromatic carbocycles. The van der Waals surface area contributed by atoms with Gasteiger partial charge in [-0.05, 0) is 13.3 Å². The van der Waals surface area contributed by atoms with E-state index in [1.807, 2.05) is 6.92 Å². The van der Waals surface area contributed by atoms with Gasteiger partial charge in [0.15, 0.2) is 0 Å². The predicted molar refractivity (Wildman–Crippen MR) is 49.1 cm³/mol. The third kappa shape index (κ3) is 1.91. The zero-order valence-electron chi connectivity index (χ0n) is 8.39. The summed E-state index contributed by atoms with van der Waals surface area (Å²) < 4.78 is 37.3. The van der Waals surface area contributed by atoms with Crippen molar-refractivity contribution in [2.45, 2.75) is 32.6 Å². The van der Waals surface area contributed by atoms with Crippen molar-refractivity contribution >= 4 is 6.21 Å². The molecule has 1 heterocycles. The molecule has 1 aliphatic rings. The fourth-order valence-electron chi connectivity index (χ4n) is 1.43. The van der Waals surface area contributed by atoms with Crippen LogP contribution in [0.2, 0.25) is 0 Å². The summed E-state index contributed by atoms with van der Waals surface area (Å²) in [6.07, 6.45) is -2.83. The highest BCUT2D eigenvalue weighted by Gasteiger charge is 2.37. The van der Waals surface area contributed by atoms with Crippen LogP contribution in [0.5, 0.6) is 0 Å². The molecule has 80 valence electrons. The number of halogens is 3. The van der Waals surface area contributed by atoms with Crippen LogP contribution in [0.3, 0.4) is 0 Å². The van der Waals surface area contributed by atoms with Gasteiger partial charge < -0.3 is 4.90 Å². The van der Waals surface area contributed by atoms with Crippen LogP contribution < -0.4 is 0 Å². The Balaban J connectivity index is 3.01. The second kappa shape index (κ2) is 3.63. The Morgan fingerprint density at radius 3 is 2.50 bits per heavy atom. The van der Waals surface area contributed by atoms with E-state index in [1.165, 1.54) is 6.92 Å². The molecule has 0 N–H and O–H groups in total. The van der Waals surface area contributed by atoms with E-state index in [1.54, 1.807) is 11.9 Å². The van der Waals surface area contributed by atoms with Crippen molar-refractivity contribution in [1.29, 1.82) is 0 Å². The standard InChI is InChI=1S/C9H13F3N2/c1-4-8-13-5-7(9(10,11)12)6(2)14(8)3/h5,8H,4H2,1-3H3. The summed E-state index contributed by atoms with van der Waals surface area (Å²) in [6, 6.07) is 0. The lowest BCUT2D eigenvalue weighted by molar-refractivity contribution is -0.0881. The lowest BCUT2D eigenvalue weighted by atomic mass is 10.1. The van der Waals surface area contributed by atoms with Crippen molar-refractivity contribution in [3.63, 3.8) is 0 Å². The van der Waals surface area contributed by atoms with Crippen LogP contribution in [0.15, 0.2) is 16.3 Å². The summed E-state index contributed by atoms with van der Waals surface area (Å²) in [7, 11) is 1.63. The Kier molecular flexibility index (Phi) is 2.87. The largest absolute Gasteiger partial charge is 0.419 e. The van der Waals surface area contributed by atoms with Gasteiger partial charge in [-0.25, -0.2) is 0 Å². The SMILES string of the molecule is CCC1N=CC(C(F)(F)F)=C(C)N1C. The first kappa shape index (κ1) is 11.1. The van der Waals surface area contributed by atoms with Crippen LogP contribution >= 0.6 is 0 Å². The molecule has 0 bridgehead atoms. The average molecular weight is 206 g/mol. The monoisotopic (exact) mass is 206 g/mol. The van der Waals surface area contributed by atoms with E-state index < -0.39 is 11.7 Å². The van der Waals surface area contributed by atoms with Crippen molar-refractivity contribution in [3.05, 3.63) is 11.3 Å². The summed E-state index contributed by atoms with van der Waals surface area (Å²) in [5.41, 5.74) is -0.413. The molecule has 14 heavy (non-hydrogen) atoms. The van der Waals surface area contributed by atoms with Crippen LogP contribution in [0.25, 0.3) is 0 Å². The summed E-state index contributed by atoms with van der Waals surface area (Å²) in [6.45, 7) is 3.36. The van der Waals surface area contributed by atoms with E-state index in [2.05, 4.69) is 4.99 Å². The van der Waals surface area contributed by atoms with E-state index in [-0.39, 0.29) is 11.9 Å². The molecular weight excluding hydrogens is 193 g/mol. The molecule has 1 unspecified atom stereocenters. The summed E-state index contributed by atoms with van der Waals surface area (Å²) in [4.78, 5) is 5.41. The Labute approximate surface area is 81.1 Å². The molecule has 0 amide bonds. The lowest BCUT2D eigenvalue weighted by Crippen LogP contribution is -2.35. The van der Waals surface area contributed by atoms with Crippen LogP contribution in [-0.4, -0.2) is 30.5 Å². The van der Waals surface area contributed by atoms with Crippen molar-refractivity contribution in [2.75, 3.05) is 7.05 Å². The maximum atomic E-state index is 12.4. The average Bonchev–Trinajstić information content (AvgIpc) is 2.07. The Morgan fingerprint density at radius 1 is 1.50 bits per heavy atom. The fourth-order valence-corrected chi connectivity index (χ4v) is 1.43. The van der Waals surface area contributed by atoms with E-state index in [0.29, 0.717) is 6.42 Å². The van der Waals surface area contributed by atoms with Crippen molar-refractivity contribution < 1.29 is 13.2 Å². The lowest BCUT2D eigenvalue weighted by Gasteiger charge is -2.32. The van der Waals surface area contributed by atoms with Gasteiger partial charge in [-0.3, -0.25) is 4.99 Å². The number of hydrogen-bond acceptors (Lipinski definition) is 2. The molecule has 0 saturated carbocycles. The normalized spacial score (nSPS) is 23.3. The molecule has 0 aromatic heterocycles. The minimum atomic E-state index is -4.31. The topological polar surface area (TPSA) is 15.6 Å². The summed E-state index contributed by atoms with van der Waals surface area (Å²) in [5, 5.41) is 0. The zero-order valence-corrected chi connectivity index (χ0v) is 8.39. The van der Waals surface area contributed by atoms with Crippen LogP contribution in [-0.2, 0) is 0 Å². The van der Waals surface area contributed by atoms with Gasteiger partial charge >= 0.3 is 6.18 Å². The number of nitrogens with zero attached hydrogens (tertiary/aromatic N) is 2. The third-order valence-electron chi connectivity index (χ3n) is 2.41. The van der Waals surface area contributed by atoms with Gasteiger partial charge in [0, 0.05) is 19.0 Å². The van der Waals surface area contributed by atoms with Gasteiger partial charge in [0.1, 0.15) is 6.17 Å². The molecule has 1 atom stereocenters. The molecule has 0 aliphatic carbocycles. The number of hydrogen-bond donors (Lipinski definition) is 0. The van der Waals surface area contributed by atoms with Crippen molar-refractivity contribution in [1.82, 2.24) is 4.90 Å². The molecule has 1 aliphatic heterocycles. The molecule has 2 nitrogen and oxygen atoms in total. The van der Waals surface area contributed by atoms with E-state index in [4.69, 9.17) is 0 Å². The smallest absolute Gasteiger partial charge is 0.356 e. The Hall–Kier alpha value is -1.00. The number of aliphatic imine (C=N–C) groups is 1. The highest BCUT2D eigenvalue weighted by Crippen LogP contribution is 2.31. The predicted octanol–water partition coefficient (Wildman–Crippen LogP) is 2.58. The summed E-state index contributed by atoms with van der Waals surface area (Å²) in [5.74, 6) is 0. The maximum Gasteiger partial charge on any atom is 0.419 e. The molecule has 0 fully saturated rings. The first-order valence-electron chi connectivity index (χ1n) is 4.42. The van der Waals surface area contributed by atoms with Gasteiger partial charge in [-0.15, -0.1) is 0 Å². The Morgan fingerprint density at radius 2 is 2.07 bits per heavy atom. The molecule has 1 rings (SSSR count). The molecule has 0 saturated heterocycles. The molecular formula is C9H13F3N2. The van der Waals surface area contributed by atoms with Crippen LogP contribution in [0.1, 0.15) is 20.3 Å². The van der Waals surface area contributed by atoms with Crippen LogP contribution in [0, 0.1) is 0 Å². The van der Waals surface area contributed by atoms with Crippen molar-refractivity contribution in [3.8, 4) is 0 Å². The maximum absolute atomic E-state index is 12.4. The molecule has 0 radical (unpaired) electrons. The Bertz CT molecular complexity index is 278. The number of alkyl halides is 3. The first-order chi connectivity index (χ1) is 6.38. The summed E-state index contributed by atoms with van der Waals surface area (Å²) >= 11 is 0.